The van der Waals surface area contributed by atoms with E-state index in [1.54, 1.807) is 6.92 Å². The number of nitrogens with zero attached hydrogens (tertiary/aromatic N) is 2. The van der Waals surface area contributed by atoms with Crippen LogP contribution in [0.4, 0.5) is 0 Å². The normalized spacial score (nSPS) is 12.0. The van der Waals surface area contributed by atoms with E-state index in [-0.39, 0.29) is 0 Å². The molecule has 2 rings (SSSR count). The first-order valence-electron chi connectivity index (χ1n) is 6.66. The minimum absolute atomic E-state index is 0.387. The minimum Gasteiger partial charge on any atom is -0.481 e. The lowest BCUT2D eigenvalue weighted by molar-refractivity contribution is -0.138. The van der Waals surface area contributed by atoms with Crippen LogP contribution in [0.25, 0.3) is 0 Å². The van der Waals surface area contributed by atoms with Crippen LogP contribution in [0.5, 0.6) is 5.88 Å². The van der Waals surface area contributed by atoms with Crippen molar-refractivity contribution in [3.8, 4) is 5.88 Å². The monoisotopic (exact) mass is 286 g/mol. The van der Waals surface area contributed by atoms with Gasteiger partial charge in [-0.05, 0) is 25.8 Å². The van der Waals surface area contributed by atoms with Crippen molar-refractivity contribution in [2.75, 3.05) is 7.11 Å². The Kier molecular flexibility index (Phi) is 4.52. The fourth-order valence-electron chi connectivity index (χ4n) is 2.38. The molecule has 21 heavy (non-hydrogen) atoms. The number of carboxylic acid groups (broad SMARTS) is 1. The third kappa shape index (κ3) is 3.37. The zero-order valence-corrected chi connectivity index (χ0v) is 12.3. The van der Waals surface area contributed by atoms with E-state index in [2.05, 4.69) is 9.97 Å². The largest absolute Gasteiger partial charge is 0.481 e. The van der Waals surface area contributed by atoms with Crippen LogP contribution in [-0.2, 0) is 11.2 Å². The standard InChI is InChI=1S/C16H18N2O3/c1-10-5-4-6-12(7-10)8-13(16(19)20)14-11(2)15(21-3)18-9-17-14/h4-7,9,13H,8H2,1-3H3,(H,19,20). The van der Waals surface area contributed by atoms with Gasteiger partial charge in [-0.3, -0.25) is 4.79 Å². The van der Waals surface area contributed by atoms with Crippen molar-refractivity contribution in [3.63, 3.8) is 0 Å². The zero-order chi connectivity index (χ0) is 15.4. The number of aromatic nitrogens is 2. The highest BCUT2D eigenvalue weighted by atomic mass is 16.5. The van der Waals surface area contributed by atoms with Gasteiger partial charge in [0.1, 0.15) is 12.2 Å². The number of ether oxygens (including phenoxy) is 1. The Labute approximate surface area is 123 Å². The molecule has 0 aliphatic heterocycles. The lowest BCUT2D eigenvalue weighted by atomic mass is 9.93. The lowest BCUT2D eigenvalue weighted by Gasteiger charge is -2.15. The molecule has 0 fully saturated rings. The zero-order valence-electron chi connectivity index (χ0n) is 12.3. The second kappa shape index (κ2) is 6.35. The Morgan fingerprint density at radius 2 is 2.10 bits per heavy atom. The molecular formula is C16H18N2O3. The molecule has 1 unspecified atom stereocenters. The molecule has 0 saturated heterocycles. The van der Waals surface area contributed by atoms with E-state index in [9.17, 15) is 9.90 Å². The van der Waals surface area contributed by atoms with E-state index in [4.69, 9.17) is 4.74 Å². The maximum atomic E-state index is 11.6. The summed E-state index contributed by atoms with van der Waals surface area (Å²) in [5.74, 6) is -1.21. The van der Waals surface area contributed by atoms with Gasteiger partial charge in [-0.25, -0.2) is 9.97 Å². The Hall–Kier alpha value is -2.43. The molecule has 0 radical (unpaired) electrons. The molecule has 5 nitrogen and oxygen atoms in total. The van der Waals surface area contributed by atoms with Crippen molar-refractivity contribution in [1.82, 2.24) is 9.97 Å². The molecule has 0 aliphatic rings. The molecular weight excluding hydrogens is 268 g/mol. The summed E-state index contributed by atoms with van der Waals surface area (Å²) in [4.78, 5) is 19.8. The SMILES string of the molecule is COc1ncnc(C(Cc2cccc(C)c2)C(=O)O)c1C. The number of hydrogen-bond donors (Lipinski definition) is 1. The van der Waals surface area contributed by atoms with Crippen LogP contribution in [0.3, 0.4) is 0 Å². The molecule has 1 aromatic carbocycles. The summed E-state index contributed by atoms with van der Waals surface area (Å²) in [5, 5.41) is 9.54. The number of benzene rings is 1. The van der Waals surface area contributed by atoms with Crippen molar-refractivity contribution in [3.05, 3.63) is 53.0 Å². The highest BCUT2D eigenvalue weighted by Crippen LogP contribution is 2.26. The first kappa shape index (κ1) is 15.0. The predicted octanol–water partition coefficient (Wildman–Crippen LogP) is 2.51. The van der Waals surface area contributed by atoms with Crippen molar-refractivity contribution in [2.24, 2.45) is 0 Å². The van der Waals surface area contributed by atoms with E-state index >= 15 is 0 Å². The Balaban J connectivity index is 2.38. The molecule has 0 amide bonds. The van der Waals surface area contributed by atoms with Crippen LogP contribution < -0.4 is 4.74 Å². The highest BCUT2D eigenvalue weighted by molar-refractivity contribution is 5.76. The van der Waals surface area contributed by atoms with Gasteiger partial charge in [-0.2, -0.15) is 0 Å². The second-order valence-electron chi connectivity index (χ2n) is 4.98. The van der Waals surface area contributed by atoms with Crippen molar-refractivity contribution in [1.29, 1.82) is 0 Å². The van der Waals surface area contributed by atoms with Crippen LogP contribution >= 0.6 is 0 Å². The minimum atomic E-state index is -0.902. The first-order chi connectivity index (χ1) is 10.0. The van der Waals surface area contributed by atoms with Crippen LogP contribution in [0, 0.1) is 13.8 Å². The summed E-state index contributed by atoms with van der Waals surface area (Å²) in [6, 6.07) is 7.83. The van der Waals surface area contributed by atoms with Gasteiger partial charge in [0.05, 0.1) is 12.8 Å². The van der Waals surface area contributed by atoms with Gasteiger partial charge in [-0.1, -0.05) is 29.8 Å². The summed E-state index contributed by atoms with van der Waals surface area (Å²) < 4.78 is 5.14. The predicted molar refractivity (Wildman–Crippen MR) is 78.6 cm³/mol. The maximum absolute atomic E-state index is 11.6. The number of carboxylic acids is 1. The second-order valence-corrected chi connectivity index (χ2v) is 4.98. The van der Waals surface area contributed by atoms with Crippen molar-refractivity contribution >= 4 is 5.97 Å². The smallest absolute Gasteiger partial charge is 0.312 e. The summed E-state index contributed by atoms with van der Waals surface area (Å²) >= 11 is 0. The van der Waals surface area contributed by atoms with E-state index in [0.29, 0.717) is 23.6 Å². The fourth-order valence-corrected chi connectivity index (χ4v) is 2.38. The number of aryl methyl sites for hydroxylation is 1. The Morgan fingerprint density at radius 1 is 1.33 bits per heavy atom. The van der Waals surface area contributed by atoms with Crippen LogP contribution in [0.1, 0.15) is 28.3 Å². The molecule has 0 bridgehead atoms. The molecule has 2 aromatic rings. The number of methoxy groups -OCH3 is 1. The Morgan fingerprint density at radius 3 is 2.71 bits per heavy atom. The van der Waals surface area contributed by atoms with E-state index in [1.807, 2.05) is 31.2 Å². The average Bonchev–Trinajstić information content (AvgIpc) is 2.45. The van der Waals surface area contributed by atoms with Gasteiger partial charge < -0.3 is 9.84 Å². The Bertz CT molecular complexity index is 656. The van der Waals surface area contributed by atoms with Crippen LogP contribution in [-0.4, -0.2) is 28.2 Å². The number of carbonyl (C=O) groups is 1. The highest BCUT2D eigenvalue weighted by Gasteiger charge is 2.25. The van der Waals surface area contributed by atoms with Crippen molar-refractivity contribution in [2.45, 2.75) is 26.2 Å². The molecule has 5 heteroatoms. The van der Waals surface area contributed by atoms with Gasteiger partial charge in [0.25, 0.3) is 0 Å². The van der Waals surface area contributed by atoms with Gasteiger partial charge in [0.2, 0.25) is 5.88 Å². The van der Waals surface area contributed by atoms with Gasteiger partial charge in [0.15, 0.2) is 0 Å². The molecule has 1 heterocycles. The fraction of sp³-hybridized carbons (Fsp3) is 0.312. The summed E-state index contributed by atoms with van der Waals surface area (Å²) in [7, 11) is 1.51. The lowest BCUT2D eigenvalue weighted by Crippen LogP contribution is -2.18. The molecule has 0 saturated carbocycles. The molecule has 1 atom stereocenters. The first-order valence-corrected chi connectivity index (χ1v) is 6.66. The molecule has 0 spiro atoms. The number of rotatable bonds is 5. The average molecular weight is 286 g/mol. The molecule has 1 N–H and O–H groups in total. The third-order valence-corrected chi connectivity index (χ3v) is 3.42. The maximum Gasteiger partial charge on any atom is 0.312 e. The summed E-state index contributed by atoms with van der Waals surface area (Å²) in [6.07, 6.45) is 1.73. The third-order valence-electron chi connectivity index (χ3n) is 3.42. The summed E-state index contributed by atoms with van der Waals surface area (Å²) in [5.41, 5.74) is 3.24. The molecule has 1 aromatic heterocycles. The van der Waals surface area contributed by atoms with E-state index in [1.165, 1.54) is 13.4 Å². The van der Waals surface area contributed by atoms with Gasteiger partial charge in [0, 0.05) is 5.56 Å². The quantitative estimate of drug-likeness (QED) is 0.914. The van der Waals surface area contributed by atoms with E-state index in [0.717, 1.165) is 11.1 Å². The number of hydrogen-bond acceptors (Lipinski definition) is 4. The topological polar surface area (TPSA) is 72.3 Å². The molecule has 0 aliphatic carbocycles. The van der Waals surface area contributed by atoms with E-state index < -0.39 is 11.9 Å². The van der Waals surface area contributed by atoms with Gasteiger partial charge in [-0.15, -0.1) is 0 Å². The van der Waals surface area contributed by atoms with Crippen molar-refractivity contribution < 1.29 is 14.6 Å². The van der Waals surface area contributed by atoms with Crippen LogP contribution in [0.15, 0.2) is 30.6 Å². The van der Waals surface area contributed by atoms with Crippen LogP contribution in [0.2, 0.25) is 0 Å². The summed E-state index contributed by atoms with van der Waals surface area (Å²) in [6.45, 7) is 3.76. The van der Waals surface area contributed by atoms with Gasteiger partial charge >= 0.3 is 5.97 Å². The molecule has 110 valence electrons. The number of aliphatic carboxylic acids is 1.